The van der Waals surface area contributed by atoms with Crippen molar-refractivity contribution in [1.82, 2.24) is 9.55 Å². The molecule has 2 N–H and O–H groups in total. The molecule has 0 saturated carbocycles. The number of halogens is 1. The normalized spacial score (nSPS) is 30.8. The maximum atomic E-state index is 15.0. The lowest BCUT2D eigenvalue weighted by Crippen LogP contribution is -2.48. The first-order valence-electron chi connectivity index (χ1n) is 9.67. The van der Waals surface area contributed by atoms with Crippen molar-refractivity contribution >= 4 is 7.82 Å². The van der Waals surface area contributed by atoms with E-state index in [1.807, 2.05) is 4.98 Å². The molecule has 3 heterocycles. The summed E-state index contributed by atoms with van der Waals surface area (Å²) in [7, 11) is -4.22. The summed E-state index contributed by atoms with van der Waals surface area (Å²) in [6.07, 6.45) is -4.86. The molecular weight excluding hydrogens is 464 g/mol. The quantitative estimate of drug-likeness (QED) is 0.270. The summed E-state index contributed by atoms with van der Waals surface area (Å²) in [6, 6.07) is 6.20. The number of azide groups is 1. The van der Waals surface area contributed by atoms with Crippen molar-refractivity contribution < 1.29 is 32.4 Å². The standard InChI is InChI=1S/C18H19FN5O8P/c1-10-3-2-4-11-7-29-33(28,32-14(10)11)30-9-18(8-21-23-20)15(26)13(19)16(31-18)24-6-5-12(25)22-17(24)27/h2-6,13,15-16,26H,7-9H2,1H3,(H,22,25,27)/t13-,15+,16-,18-,33?/m1/s1. The van der Waals surface area contributed by atoms with Crippen LogP contribution in [-0.2, 0) is 25.0 Å². The highest BCUT2D eigenvalue weighted by molar-refractivity contribution is 7.49. The fourth-order valence-corrected chi connectivity index (χ4v) is 4.94. The van der Waals surface area contributed by atoms with Crippen LogP contribution in [0.1, 0.15) is 17.4 Å². The van der Waals surface area contributed by atoms with Gasteiger partial charge in [-0.3, -0.25) is 23.4 Å². The molecule has 1 unspecified atom stereocenters. The number of rotatable bonds is 6. The van der Waals surface area contributed by atoms with Crippen LogP contribution >= 0.6 is 7.82 Å². The number of hydrogen-bond donors (Lipinski definition) is 2. The first kappa shape index (κ1) is 23.2. The van der Waals surface area contributed by atoms with Gasteiger partial charge in [-0.05, 0) is 18.0 Å². The Morgan fingerprint density at radius 1 is 1.45 bits per heavy atom. The van der Waals surface area contributed by atoms with E-state index in [4.69, 9.17) is 23.8 Å². The summed E-state index contributed by atoms with van der Waals surface area (Å²) >= 11 is 0. The number of alkyl halides is 1. The van der Waals surface area contributed by atoms with E-state index in [1.54, 1.807) is 25.1 Å². The molecule has 15 heteroatoms. The second-order valence-electron chi connectivity index (χ2n) is 7.52. The summed E-state index contributed by atoms with van der Waals surface area (Å²) in [5, 5.41) is 13.9. The van der Waals surface area contributed by atoms with Gasteiger partial charge in [-0.25, -0.2) is 13.8 Å². The number of benzene rings is 1. The minimum absolute atomic E-state index is 0.0812. The molecule has 4 rings (SSSR count). The van der Waals surface area contributed by atoms with E-state index in [0.29, 0.717) is 16.9 Å². The SMILES string of the molecule is Cc1cccc2c1OP(=O)(OC[C@@]1(CN=[N+]=[N-])O[C@@H](n3ccc(=O)[nH]c3=O)[C@H](F)[C@@H]1O)OC2. The largest absolute Gasteiger partial charge is 0.530 e. The predicted octanol–water partition coefficient (Wildman–Crippen LogP) is 1.86. The Kier molecular flexibility index (Phi) is 6.14. The van der Waals surface area contributed by atoms with E-state index in [9.17, 15) is 19.3 Å². The van der Waals surface area contributed by atoms with E-state index < -0.39 is 56.3 Å². The minimum atomic E-state index is -4.22. The van der Waals surface area contributed by atoms with Gasteiger partial charge < -0.3 is 14.4 Å². The van der Waals surface area contributed by atoms with Crippen LogP contribution < -0.4 is 15.8 Å². The van der Waals surface area contributed by atoms with Crippen molar-refractivity contribution in [3.05, 3.63) is 72.9 Å². The van der Waals surface area contributed by atoms with Crippen LogP contribution in [0.25, 0.3) is 10.4 Å². The van der Waals surface area contributed by atoms with Gasteiger partial charge in [0.2, 0.25) is 0 Å². The second-order valence-corrected chi connectivity index (χ2v) is 9.11. The lowest BCUT2D eigenvalue weighted by molar-refractivity contribution is -0.121. The van der Waals surface area contributed by atoms with Crippen molar-refractivity contribution in [1.29, 1.82) is 0 Å². The summed E-state index contributed by atoms with van der Waals surface area (Å²) in [6.45, 7) is 0.264. The van der Waals surface area contributed by atoms with E-state index in [2.05, 4.69) is 10.0 Å². The molecule has 0 aliphatic carbocycles. The van der Waals surface area contributed by atoms with Crippen LogP contribution in [0.3, 0.4) is 0 Å². The Balaban J connectivity index is 1.61. The number of hydrogen-bond acceptors (Lipinski definition) is 9. The monoisotopic (exact) mass is 483 g/mol. The van der Waals surface area contributed by atoms with Gasteiger partial charge in [0.05, 0.1) is 19.8 Å². The molecular formula is C18H19FN5O8P. The number of H-pyrrole nitrogens is 1. The van der Waals surface area contributed by atoms with Crippen molar-refractivity contribution in [3.63, 3.8) is 0 Å². The van der Waals surface area contributed by atoms with Gasteiger partial charge in [0, 0.05) is 22.7 Å². The number of phosphoric acid groups is 1. The van der Waals surface area contributed by atoms with Crippen LogP contribution in [0.5, 0.6) is 5.75 Å². The molecule has 1 saturated heterocycles. The Labute approximate surface area is 184 Å². The first-order valence-corrected chi connectivity index (χ1v) is 11.1. The number of aryl methyl sites for hydroxylation is 1. The third-order valence-electron chi connectivity index (χ3n) is 5.34. The Bertz CT molecular complexity index is 1280. The third kappa shape index (κ3) is 4.32. The summed E-state index contributed by atoms with van der Waals surface area (Å²) in [5.74, 6) is 0.310. The molecule has 2 aromatic rings. The zero-order valence-electron chi connectivity index (χ0n) is 17.2. The van der Waals surface area contributed by atoms with Gasteiger partial charge in [0.25, 0.3) is 5.56 Å². The summed E-state index contributed by atoms with van der Waals surface area (Å²) < 4.78 is 50.5. The smallest absolute Gasteiger partial charge is 0.403 e. The molecule has 0 bridgehead atoms. The molecule has 13 nitrogen and oxygen atoms in total. The zero-order valence-corrected chi connectivity index (χ0v) is 18.1. The number of fused-ring (bicyclic) bond motifs is 1. The fourth-order valence-electron chi connectivity index (χ4n) is 3.60. The molecule has 0 spiro atoms. The molecule has 2 aliphatic rings. The van der Waals surface area contributed by atoms with Crippen LogP contribution in [0.2, 0.25) is 0 Å². The topological polar surface area (TPSA) is 178 Å². The van der Waals surface area contributed by atoms with Crippen LogP contribution in [0.4, 0.5) is 4.39 Å². The van der Waals surface area contributed by atoms with E-state index in [-0.39, 0.29) is 6.61 Å². The average Bonchev–Trinajstić information content (AvgIpc) is 3.03. The number of aromatic amines is 1. The van der Waals surface area contributed by atoms with Crippen molar-refractivity contribution in [2.45, 2.75) is 37.6 Å². The molecule has 2 aliphatic heterocycles. The van der Waals surface area contributed by atoms with E-state index >= 15 is 4.39 Å². The molecule has 33 heavy (non-hydrogen) atoms. The molecule has 1 fully saturated rings. The van der Waals surface area contributed by atoms with Gasteiger partial charge in [0.15, 0.2) is 12.4 Å². The van der Waals surface area contributed by atoms with Gasteiger partial charge in [-0.15, -0.1) is 0 Å². The van der Waals surface area contributed by atoms with Gasteiger partial charge in [-0.2, -0.15) is 0 Å². The fraction of sp³-hybridized carbons (Fsp3) is 0.444. The number of aliphatic hydroxyl groups excluding tert-OH is 1. The number of nitrogens with one attached hydrogen (secondary N) is 1. The minimum Gasteiger partial charge on any atom is -0.403 e. The van der Waals surface area contributed by atoms with Crippen LogP contribution in [0, 0.1) is 6.92 Å². The number of para-hydroxylation sites is 1. The zero-order chi connectivity index (χ0) is 23.8. The van der Waals surface area contributed by atoms with Crippen molar-refractivity contribution in [2.24, 2.45) is 5.11 Å². The predicted molar refractivity (Wildman–Crippen MR) is 109 cm³/mol. The Morgan fingerprint density at radius 2 is 2.24 bits per heavy atom. The number of aliphatic hydroxyl groups is 1. The van der Waals surface area contributed by atoms with Crippen molar-refractivity contribution in [2.75, 3.05) is 13.2 Å². The molecule has 0 amide bonds. The lowest BCUT2D eigenvalue weighted by atomic mass is 9.97. The van der Waals surface area contributed by atoms with Gasteiger partial charge >= 0.3 is 13.5 Å². The highest BCUT2D eigenvalue weighted by atomic mass is 31.2. The number of ether oxygens (including phenoxy) is 1. The van der Waals surface area contributed by atoms with Crippen molar-refractivity contribution in [3.8, 4) is 5.75 Å². The van der Waals surface area contributed by atoms with Gasteiger partial charge in [-0.1, -0.05) is 23.3 Å². The van der Waals surface area contributed by atoms with Gasteiger partial charge in [0.1, 0.15) is 17.5 Å². The van der Waals surface area contributed by atoms with Crippen LogP contribution in [-0.4, -0.2) is 45.7 Å². The number of aromatic nitrogens is 2. The molecule has 1 aromatic carbocycles. The maximum Gasteiger partial charge on any atom is 0.530 e. The second kappa shape index (κ2) is 8.75. The molecule has 1 aromatic heterocycles. The van der Waals surface area contributed by atoms with E-state index in [0.717, 1.165) is 16.8 Å². The highest BCUT2D eigenvalue weighted by Crippen LogP contribution is 2.56. The highest BCUT2D eigenvalue weighted by Gasteiger charge is 2.57. The summed E-state index contributed by atoms with van der Waals surface area (Å²) in [5.41, 5.74) is 6.34. The molecule has 5 atom stereocenters. The van der Waals surface area contributed by atoms with E-state index in [1.165, 1.54) is 0 Å². The maximum absolute atomic E-state index is 15.0. The summed E-state index contributed by atoms with van der Waals surface area (Å²) in [4.78, 5) is 27.9. The first-order chi connectivity index (χ1) is 15.7. The third-order valence-corrected chi connectivity index (χ3v) is 6.63. The molecule has 0 radical (unpaired) electrons. The Morgan fingerprint density at radius 3 is 2.97 bits per heavy atom. The Hall–Kier alpha value is -2.99. The average molecular weight is 483 g/mol. The number of nitrogens with zero attached hydrogens (tertiary/aromatic N) is 4. The van der Waals surface area contributed by atoms with Crippen LogP contribution in [0.15, 0.2) is 45.2 Å². The lowest BCUT2D eigenvalue weighted by Gasteiger charge is -2.32. The molecule has 176 valence electrons. The number of phosphoric ester groups is 1.